The van der Waals surface area contributed by atoms with E-state index in [1.807, 2.05) is 60.8 Å². The topological polar surface area (TPSA) is 62.7 Å². The van der Waals surface area contributed by atoms with Crippen molar-refractivity contribution in [3.8, 4) is 0 Å². The predicted molar refractivity (Wildman–Crippen MR) is 112 cm³/mol. The number of fused-ring (bicyclic) bond motifs is 1. The third-order valence-electron chi connectivity index (χ3n) is 4.08. The van der Waals surface area contributed by atoms with E-state index >= 15 is 0 Å². The van der Waals surface area contributed by atoms with Crippen molar-refractivity contribution < 1.29 is 0 Å². The monoisotopic (exact) mass is 377 g/mol. The van der Waals surface area contributed by atoms with E-state index in [4.69, 9.17) is 0 Å². The van der Waals surface area contributed by atoms with Gasteiger partial charge < -0.3 is 10.6 Å². The van der Waals surface area contributed by atoms with Crippen molar-refractivity contribution in [1.29, 1.82) is 0 Å². The molecule has 2 aromatic carbocycles. The standard InChI is InChI=1S/C21H19N5.ClH/c1-2-7-16(8-3-1)14-23-20-18-10-4-5-11-19(18)25-21(26-20)24-15-17-9-6-12-22-13-17;/h1-13H,14-15H2,(H2,23,24,25,26);1H. The highest BCUT2D eigenvalue weighted by atomic mass is 35.5. The Balaban J connectivity index is 0.00000210. The molecular formula is C21H20ClN5. The highest BCUT2D eigenvalue weighted by Gasteiger charge is 2.07. The van der Waals surface area contributed by atoms with Crippen LogP contribution in [-0.4, -0.2) is 15.0 Å². The maximum absolute atomic E-state index is 4.68. The van der Waals surface area contributed by atoms with Crippen LogP contribution in [0.25, 0.3) is 10.9 Å². The number of rotatable bonds is 6. The lowest BCUT2D eigenvalue weighted by Gasteiger charge is -2.12. The van der Waals surface area contributed by atoms with Crippen LogP contribution >= 0.6 is 12.4 Å². The fourth-order valence-corrected chi connectivity index (χ4v) is 2.76. The first-order valence-corrected chi connectivity index (χ1v) is 8.56. The van der Waals surface area contributed by atoms with Gasteiger partial charge in [-0.2, -0.15) is 4.98 Å². The number of aromatic nitrogens is 3. The minimum Gasteiger partial charge on any atom is -0.365 e. The quantitative estimate of drug-likeness (QED) is 0.511. The first kappa shape index (κ1) is 18.6. The number of benzene rings is 2. The van der Waals surface area contributed by atoms with Crippen molar-refractivity contribution in [1.82, 2.24) is 15.0 Å². The molecule has 0 aliphatic heterocycles. The van der Waals surface area contributed by atoms with E-state index in [0.29, 0.717) is 19.0 Å². The van der Waals surface area contributed by atoms with E-state index in [2.05, 4.69) is 37.7 Å². The van der Waals surface area contributed by atoms with Crippen LogP contribution in [0.15, 0.2) is 79.1 Å². The van der Waals surface area contributed by atoms with E-state index in [1.54, 1.807) is 6.20 Å². The zero-order valence-electron chi connectivity index (χ0n) is 14.7. The van der Waals surface area contributed by atoms with Gasteiger partial charge in [-0.05, 0) is 29.3 Å². The molecule has 0 aliphatic carbocycles. The maximum Gasteiger partial charge on any atom is 0.225 e. The summed E-state index contributed by atoms with van der Waals surface area (Å²) < 4.78 is 0. The summed E-state index contributed by atoms with van der Waals surface area (Å²) in [6, 6.07) is 22.3. The lowest BCUT2D eigenvalue weighted by atomic mass is 10.2. The summed E-state index contributed by atoms with van der Waals surface area (Å²) in [5, 5.41) is 7.74. The van der Waals surface area contributed by atoms with Crippen LogP contribution < -0.4 is 10.6 Å². The van der Waals surface area contributed by atoms with Gasteiger partial charge in [0.15, 0.2) is 0 Å². The van der Waals surface area contributed by atoms with Gasteiger partial charge in [-0.3, -0.25) is 4.98 Å². The minimum absolute atomic E-state index is 0. The Kier molecular flexibility index (Phi) is 6.18. The van der Waals surface area contributed by atoms with Crippen molar-refractivity contribution >= 4 is 35.1 Å². The molecular weight excluding hydrogens is 358 g/mol. The highest BCUT2D eigenvalue weighted by Crippen LogP contribution is 2.22. The molecule has 2 aromatic heterocycles. The van der Waals surface area contributed by atoms with Crippen molar-refractivity contribution in [2.45, 2.75) is 13.1 Å². The summed E-state index contributed by atoms with van der Waals surface area (Å²) in [7, 11) is 0. The lowest BCUT2D eigenvalue weighted by molar-refractivity contribution is 1.04. The summed E-state index contributed by atoms with van der Waals surface area (Å²) in [5.41, 5.74) is 3.20. The number of pyridine rings is 1. The van der Waals surface area contributed by atoms with Crippen LogP contribution in [0.2, 0.25) is 0 Å². The zero-order valence-corrected chi connectivity index (χ0v) is 15.5. The third kappa shape index (κ3) is 4.71. The molecule has 5 nitrogen and oxygen atoms in total. The van der Waals surface area contributed by atoms with Gasteiger partial charge in [0.05, 0.1) is 5.52 Å². The van der Waals surface area contributed by atoms with Crippen molar-refractivity contribution in [3.05, 3.63) is 90.3 Å². The van der Waals surface area contributed by atoms with Crippen LogP contribution in [0.3, 0.4) is 0 Å². The Bertz CT molecular complexity index is 993. The number of nitrogens with zero attached hydrogens (tertiary/aromatic N) is 3. The molecule has 0 aliphatic rings. The zero-order chi connectivity index (χ0) is 17.6. The smallest absolute Gasteiger partial charge is 0.225 e. The first-order chi connectivity index (χ1) is 12.9. The number of para-hydroxylation sites is 1. The lowest BCUT2D eigenvalue weighted by Crippen LogP contribution is -2.08. The van der Waals surface area contributed by atoms with E-state index in [0.717, 1.165) is 22.3 Å². The average Bonchev–Trinajstić information content (AvgIpc) is 2.72. The van der Waals surface area contributed by atoms with E-state index in [-0.39, 0.29) is 12.4 Å². The molecule has 0 radical (unpaired) electrons. The minimum atomic E-state index is 0. The van der Waals surface area contributed by atoms with E-state index in [9.17, 15) is 0 Å². The molecule has 2 N–H and O–H groups in total. The first-order valence-electron chi connectivity index (χ1n) is 8.56. The van der Waals surface area contributed by atoms with Gasteiger partial charge in [0.1, 0.15) is 5.82 Å². The van der Waals surface area contributed by atoms with Crippen LogP contribution in [-0.2, 0) is 13.1 Å². The largest absolute Gasteiger partial charge is 0.365 e. The van der Waals surface area contributed by atoms with E-state index < -0.39 is 0 Å². The number of nitrogens with one attached hydrogen (secondary N) is 2. The molecule has 0 saturated carbocycles. The number of hydrogen-bond acceptors (Lipinski definition) is 5. The molecule has 6 heteroatoms. The van der Waals surface area contributed by atoms with Gasteiger partial charge in [-0.25, -0.2) is 4.98 Å². The summed E-state index contributed by atoms with van der Waals surface area (Å²) in [4.78, 5) is 13.4. The molecule has 0 amide bonds. The van der Waals surface area contributed by atoms with Gasteiger partial charge in [0, 0.05) is 30.9 Å². The molecule has 0 atom stereocenters. The van der Waals surface area contributed by atoms with Gasteiger partial charge in [0.25, 0.3) is 0 Å². The molecule has 0 unspecified atom stereocenters. The molecule has 27 heavy (non-hydrogen) atoms. The Morgan fingerprint density at radius 2 is 1.44 bits per heavy atom. The number of anilines is 2. The summed E-state index contributed by atoms with van der Waals surface area (Å²) in [6.45, 7) is 1.34. The molecule has 4 aromatic rings. The van der Waals surface area contributed by atoms with Crippen molar-refractivity contribution in [2.24, 2.45) is 0 Å². The van der Waals surface area contributed by atoms with Gasteiger partial charge >= 0.3 is 0 Å². The molecule has 0 fully saturated rings. The second-order valence-corrected chi connectivity index (χ2v) is 5.97. The fourth-order valence-electron chi connectivity index (χ4n) is 2.76. The van der Waals surface area contributed by atoms with Gasteiger partial charge in [0.2, 0.25) is 5.95 Å². The highest BCUT2D eigenvalue weighted by molar-refractivity contribution is 5.90. The maximum atomic E-state index is 4.68. The van der Waals surface area contributed by atoms with Gasteiger partial charge in [-0.1, -0.05) is 48.5 Å². The van der Waals surface area contributed by atoms with Gasteiger partial charge in [-0.15, -0.1) is 12.4 Å². The molecule has 0 bridgehead atoms. The number of hydrogen-bond donors (Lipinski definition) is 2. The summed E-state index contributed by atoms with van der Waals surface area (Å²) >= 11 is 0. The summed E-state index contributed by atoms with van der Waals surface area (Å²) in [6.07, 6.45) is 3.60. The second kappa shape index (κ2) is 8.96. The summed E-state index contributed by atoms with van der Waals surface area (Å²) in [5.74, 6) is 1.43. The van der Waals surface area contributed by atoms with Crippen LogP contribution in [0.5, 0.6) is 0 Å². The molecule has 136 valence electrons. The van der Waals surface area contributed by atoms with Crippen LogP contribution in [0.4, 0.5) is 11.8 Å². The van der Waals surface area contributed by atoms with Crippen molar-refractivity contribution in [2.75, 3.05) is 10.6 Å². The Labute approximate surface area is 164 Å². The Morgan fingerprint density at radius 1 is 0.704 bits per heavy atom. The van der Waals surface area contributed by atoms with Crippen LogP contribution in [0.1, 0.15) is 11.1 Å². The molecule has 2 heterocycles. The third-order valence-corrected chi connectivity index (χ3v) is 4.08. The van der Waals surface area contributed by atoms with E-state index in [1.165, 1.54) is 5.56 Å². The van der Waals surface area contributed by atoms with Crippen molar-refractivity contribution in [3.63, 3.8) is 0 Å². The normalized spacial score (nSPS) is 10.2. The molecule has 0 saturated heterocycles. The number of halogens is 1. The molecule has 4 rings (SSSR count). The second-order valence-electron chi connectivity index (χ2n) is 5.97. The fraction of sp³-hybridized carbons (Fsp3) is 0.0952. The van der Waals surface area contributed by atoms with Crippen LogP contribution in [0, 0.1) is 0 Å². The molecule has 0 spiro atoms. The Hall–Kier alpha value is -3.18. The SMILES string of the molecule is Cl.c1ccc(CNc2nc(NCc3cccnc3)nc3ccccc23)cc1. The predicted octanol–water partition coefficient (Wildman–Crippen LogP) is 4.67. The average molecular weight is 378 g/mol. The Morgan fingerprint density at radius 3 is 2.26 bits per heavy atom.